The van der Waals surface area contributed by atoms with E-state index < -0.39 is 0 Å². The first kappa shape index (κ1) is 29.6. The van der Waals surface area contributed by atoms with Gasteiger partial charge in [-0.15, -0.1) is 0 Å². The van der Waals surface area contributed by atoms with Crippen molar-refractivity contribution >= 4 is 77.7 Å². The quantitative estimate of drug-likeness (QED) is 0.169. The lowest BCUT2D eigenvalue weighted by molar-refractivity contribution is 0.664. The van der Waals surface area contributed by atoms with Crippen LogP contribution in [0, 0.1) is 5.92 Å². The predicted octanol–water partition coefficient (Wildman–Crippen LogP) is 11.8. The number of rotatable bonds is 5. The molecule has 4 heterocycles. The van der Waals surface area contributed by atoms with Crippen LogP contribution in [0.3, 0.4) is 0 Å². The molecule has 254 valence electrons. The lowest BCUT2D eigenvalue weighted by Gasteiger charge is -2.18. The van der Waals surface area contributed by atoms with Crippen molar-refractivity contribution in [2.45, 2.75) is 18.9 Å². The zero-order valence-electron chi connectivity index (χ0n) is 29.3. The Labute approximate surface area is 310 Å². The van der Waals surface area contributed by atoms with Crippen LogP contribution in [0.25, 0.3) is 77.7 Å². The van der Waals surface area contributed by atoms with Gasteiger partial charge in [-0.25, -0.2) is 9.97 Å². The fourth-order valence-electron chi connectivity index (χ4n) is 9.16. The smallest absolute Gasteiger partial charge is 0.180 e. The molecule has 4 aromatic heterocycles. The van der Waals surface area contributed by atoms with Gasteiger partial charge >= 0.3 is 0 Å². The molecule has 0 saturated heterocycles. The summed E-state index contributed by atoms with van der Waals surface area (Å²) < 4.78 is 11.3. The van der Waals surface area contributed by atoms with Crippen molar-refractivity contribution < 1.29 is 4.42 Å². The van der Waals surface area contributed by atoms with E-state index in [1.54, 1.807) is 6.33 Å². The molecule has 0 bridgehead atoms. The molecular weight excluding hydrogens is 661 g/mol. The molecule has 0 aliphatic heterocycles. The van der Waals surface area contributed by atoms with Crippen LogP contribution in [0.1, 0.15) is 40.4 Å². The fraction of sp³-hybridized carbons (Fsp3) is 0.0816. The molecule has 0 radical (unpaired) electrons. The molecule has 5 heteroatoms. The summed E-state index contributed by atoms with van der Waals surface area (Å²) >= 11 is 0. The van der Waals surface area contributed by atoms with E-state index in [9.17, 15) is 0 Å². The highest BCUT2D eigenvalue weighted by atomic mass is 16.3. The van der Waals surface area contributed by atoms with Gasteiger partial charge in [-0.05, 0) is 83.7 Å². The molecule has 2 atom stereocenters. The highest BCUT2D eigenvalue weighted by Crippen LogP contribution is 2.61. The average molecular weight is 693 g/mol. The summed E-state index contributed by atoms with van der Waals surface area (Å²) in [5.41, 5.74) is 19.2. The summed E-state index contributed by atoms with van der Waals surface area (Å²) in [5.74, 6) is 0.885. The second-order valence-electron chi connectivity index (χ2n) is 14.7. The van der Waals surface area contributed by atoms with Gasteiger partial charge in [0.05, 0.1) is 11.2 Å². The molecule has 0 N–H and O–H groups in total. The fourth-order valence-corrected chi connectivity index (χ4v) is 9.16. The molecule has 5 aromatic carbocycles. The Morgan fingerprint density at radius 3 is 2.39 bits per heavy atom. The molecule has 9 aromatic rings. The minimum Gasteiger partial charge on any atom is -0.452 e. The van der Waals surface area contributed by atoms with Crippen LogP contribution in [0.4, 0.5) is 0 Å². The van der Waals surface area contributed by atoms with Crippen molar-refractivity contribution in [3.63, 3.8) is 0 Å². The summed E-state index contributed by atoms with van der Waals surface area (Å²) in [6.45, 7) is 0.844. The Kier molecular flexibility index (Phi) is 6.19. The average Bonchev–Trinajstić information content (AvgIpc) is 3.81. The van der Waals surface area contributed by atoms with Crippen LogP contribution in [-0.4, -0.2) is 19.1 Å². The molecule has 54 heavy (non-hydrogen) atoms. The van der Waals surface area contributed by atoms with Crippen LogP contribution < -0.4 is 0 Å². The zero-order chi connectivity index (χ0) is 35.3. The predicted molar refractivity (Wildman–Crippen MR) is 220 cm³/mol. The maximum absolute atomic E-state index is 6.36. The standard InChI is InChI=1S/C49H32N4O/c1-2-12-30(13-3-1)28-52-42-19-9-6-16-34(42)39-25-31(22-23-43(39)52)37-26-40-35-17-7-10-20-44(35)53(48(40)41-27-38(37)41)33-15-5-4-14-32(24-33)46-49-47(51-29-50-46)36-18-8-11-21-45(36)54-49/h1-14,16-26,29,38,41H,27-28H2. The third-order valence-electron chi connectivity index (χ3n) is 11.6. The third-order valence-corrected chi connectivity index (χ3v) is 11.6. The lowest BCUT2D eigenvalue weighted by atomic mass is 9.90. The monoisotopic (exact) mass is 692 g/mol. The molecular formula is C49H32N4O. The zero-order valence-corrected chi connectivity index (χ0v) is 29.3. The Hall–Kier alpha value is -6.94. The molecule has 0 amide bonds. The second-order valence-corrected chi connectivity index (χ2v) is 14.7. The van der Waals surface area contributed by atoms with E-state index in [0.29, 0.717) is 17.4 Å². The summed E-state index contributed by atoms with van der Waals surface area (Å²) in [7, 11) is 0. The Morgan fingerprint density at radius 1 is 0.704 bits per heavy atom. The van der Waals surface area contributed by atoms with E-state index in [2.05, 4.69) is 141 Å². The van der Waals surface area contributed by atoms with E-state index in [1.165, 1.54) is 60.7 Å². The molecule has 5 nitrogen and oxygen atoms in total. The first-order valence-electron chi connectivity index (χ1n) is 18.7. The van der Waals surface area contributed by atoms with E-state index in [0.717, 1.165) is 46.4 Å². The maximum atomic E-state index is 6.36. The minimum absolute atomic E-state index is 0.422. The van der Waals surface area contributed by atoms with Crippen molar-refractivity contribution in [1.29, 1.82) is 0 Å². The number of benzene rings is 5. The summed E-state index contributed by atoms with van der Waals surface area (Å²) in [6.07, 6.45) is 13.6. The van der Waals surface area contributed by atoms with Gasteiger partial charge in [0.2, 0.25) is 0 Å². The summed E-state index contributed by atoms with van der Waals surface area (Å²) in [5, 5.41) is 4.87. The normalized spacial score (nSPS) is 17.5. The number of furan rings is 1. The SMILES string of the molecule is C1=CC=CC(c2ncnc3c2oc2ccccc23)=CC=1n1c2c(c3ccccc31)C=C(c1ccc3c(c1)c1ccccc1n3Cc1ccccc1)C1CC21. The van der Waals surface area contributed by atoms with Crippen LogP contribution in [0.15, 0.2) is 162 Å². The van der Waals surface area contributed by atoms with Crippen molar-refractivity contribution in [2.24, 2.45) is 5.92 Å². The molecule has 2 unspecified atom stereocenters. The van der Waals surface area contributed by atoms with Gasteiger partial charge in [-0.2, -0.15) is 0 Å². The third kappa shape index (κ3) is 4.33. The van der Waals surface area contributed by atoms with Crippen LogP contribution in [-0.2, 0) is 6.54 Å². The molecule has 0 spiro atoms. The van der Waals surface area contributed by atoms with Gasteiger partial charge < -0.3 is 13.6 Å². The summed E-state index contributed by atoms with van der Waals surface area (Å²) in [4.78, 5) is 9.38. The number of allylic oxidation sites excluding steroid dienone is 6. The van der Waals surface area contributed by atoms with Gasteiger partial charge in [0, 0.05) is 61.9 Å². The van der Waals surface area contributed by atoms with Gasteiger partial charge in [0.25, 0.3) is 0 Å². The first-order chi connectivity index (χ1) is 26.8. The van der Waals surface area contributed by atoms with Crippen LogP contribution >= 0.6 is 0 Å². The molecule has 3 aliphatic carbocycles. The van der Waals surface area contributed by atoms with Crippen molar-refractivity contribution in [2.75, 3.05) is 0 Å². The number of hydrogen-bond acceptors (Lipinski definition) is 3. The highest BCUT2D eigenvalue weighted by molar-refractivity contribution is 6.11. The van der Waals surface area contributed by atoms with Crippen molar-refractivity contribution in [1.82, 2.24) is 19.1 Å². The largest absolute Gasteiger partial charge is 0.452 e. The minimum atomic E-state index is 0.422. The topological polar surface area (TPSA) is 48.8 Å². The van der Waals surface area contributed by atoms with Gasteiger partial charge in [0.15, 0.2) is 5.58 Å². The van der Waals surface area contributed by atoms with Gasteiger partial charge in [-0.3, -0.25) is 0 Å². The van der Waals surface area contributed by atoms with Gasteiger partial charge in [-0.1, -0.05) is 103 Å². The Balaban J connectivity index is 1.00. The van der Waals surface area contributed by atoms with Gasteiger partial charge in [0.1, 0.15) is 23.1 Å². The van der Waals surface area contributed by atoms with E-state index >= 15 is 0 Å². The lowest BCUT2D eigenvalue weighted by Crippen LogP contribution is -2.05. The van der Waals surface area contributed by atoms with Crippen molar-refractivity contribution in [3.8, 4) is 0 Å². The highest BCUT2D eigenvalue weighted by Gasteiger charge is 2.48. The number of para-hydroxylation sites is 3. The van der Waals surface area contributed by atoms with Crippen LogP contribution in [0.2, 0.25) is 0 Å². The number of aromatic nitrogens is 4. The molecule has 3 aliphatic rings. The second kappa shape index (κ2) is 11.3. The van der Waals surface area contributed by atoms with Crippen LogP contribution in [0.5, 0.6) is 0 Å². The number of hydrogen-bond donors (Lipinski definition) is 0. The molecule has 1 fully saturated rings. The van der Waals surface area contributed by atoms with E-state index in [1.807, 2.05) is 30.4 Å². The first-order valence-corrected chi connectivity index (χ1v) is 18.7. The summed E-state index contributed by atoms with van der Waals surface area (Å²) in [6, 6.07) is 43.6. The molecule has 12 rings (SSSR count). The van der Waals surface area contributed by atoms with E-state index in [4.69, 9.17) is 9.40 Å². The van der Waals surface area contributed by atoms with E-state index in [-0.39, 0.29) is 0 Å². The Morgan fingerprint density at radius 2 is 1.48 bits per heavy atom. The molecule has 1 saturated carbocycles. The maximum Gasteiger partial charge on any atom is 0.180 e. The Bertz CT molecular complexity index is 3210. The number of nitrogens with zero attached hydrogens (tertiary/aromatic N) is 4. The number of fused-ring (bicyclic) bond motifs is 11. The van der Waals surface area contributed by atoms with Crippen molar-refractivity contribution in [3.05, 3.63) is 186 Å².